The van der Waals surface area contributed by atoms with Gasteiger partial charge in [-0.25, -0.2) is 15.0 Å². The third kappa shape index (κ3) is 5.73. The van der Waals surface area contributed by atoms with Crippen molar-refractivity contribution < 1.29 is 4.42 Å². The summed E-state index contributed by atoms with van der Waals surface area (Å²) in [6.07, 6.45) is 0. The molecule has 0 spiro atoms. The summed E-state index contributed by atoms with van der Waals surface area (Å²) in [6, 6.07) is 65.3. The summed E-state index contributed by atoms with van der Waals surface area (Å²) in [4.78, 5) is 15.1. The highest BCUT2D eigenvalue weighted by molar-refractivity contribution is 6.13. The van der Waals surface area contributed by atoms with Gasteiger partial charge >= 0.3 is 0 Å². The Morgan fingerprint density at radius 1 is 0.302 bits per heavy atom. The van der Waals surface area contributed by atoms with Crippen LogP contribution in [0.25, 0.3) is 100 Å². The van der Waals surface area contributed by atoms with Crippen LogP contribution in [0.2, 0.25) is 0 Å². The number of aromatic nitrogens is 3. The minimum Gasteiger partial charge on any atom is -0.456 e. The van der Waals surface area contributed by atoms with Crippen LogP contribution in [0.3, 0.4) is 0 Å². The number of furan rings is 1. The summed E-state index contributed by atoms with van der Waals surface area (Å²) in [5.74, 6) is 1.82. The van der Waals surface area contributed by atoms with E-state index in [-0.39, 0.29) is 0 Å². The molecule has 0 aliphatic heterocycles. The number of benzene rings is 8. The Balaban J connectivity index is 1.06. The van der Waals surface area contributed by atoms with Crippen LogP contribution in [-0.2, 0) is 0 Å². The molecule has 0 amide bonds. The van der Waals surface area contributed by atoms with Crippen molar-refractivity contribution in [1.29, 1.82) is 0 Å². The third-order valence-corrected chi connectivity index (χ3v) is 9.93. The van der Waals surface area contributed by atoms with Crippen LogP contribution in [0.4, 0.5) is 0 Å². The molecule has 0 unspecified atom stereocenters. The molecule has 0 N–H and O–H groups in total. The van der Waals surface area contributed by atoms with Crippen molar-refractivity contribution in [1.82, 2.24) is 15.0 Å². The van der Waals surface area contributed by atoms with Gasteiger partial charge in [0.05, 0.1) is 0 Å². The maximum absolute atomic E-state index is 6.52. The van der Waals surface area contributed by atoms with Crippen molar-refractivity contribution in [3.8, 4) is 67.5 Å². The van der Waals surface area contributed by atoms with Gasteiger partial charge in [-0.3, -0.25) is 0 Å². The van der Waals surface area contributed by atoms with Crippen LogP contribution in [0.15, 0.2) is 192 Å². The lowest BCUT2D eigenvalue weighted by atomic mass is 9.96. The zero-order chi connectivity index (χ0) is 35.1. The molecule has 4 nitrogen and oxygen atoms in total. The van der Waals surface area contributed by atoms with Gasteiger partial charge in [0.2, 0.25) is 0 Å². The van der Waals surface area contributed by atoms with E-state index < -0.39 is 0 Å². The Hall–Kier alpha value is -7.17. The lowest BCUT2D eigenvalue weighted by Crippen LogP contribution is -2.00. The SMILES string of the molecule is c1ccc(-c2ccc(-c3cccc4oc5cc(-c6nc(-c7ccccc7)nc(-c7cccc(-c8ccc9ccccc9c8)c7)n6)ccc5c34)cc2)cc1. The van der Waals surface area contributed by atoms with E-state index in [2.05, 4.69) is 146 Å². The van der Waals surface area contributed by atoms with Gasteiger partial charge in [-0.05, 0) is 74.5 Å². The van der Waals surface area contributed by atoms with Crippen LogP contribution >= 0.6 is 0 Å². The lowest BCUT2D eigenvalue weighted by molar-refractivity contribution is 0.669. The molecule has 0 fully saturated rings. The summed E-state index contributed by atoms with van der Waals surface area (Å²) in [5, 5.41) is 4.57. The van der Waals surface area contributed by atoms with E-state index in [1.165, 1.54) is 21.9 Å². The molecule has 0 atom stereocenters. The van der Waals surface area contributed by atoms with Gasteiger partial charge in [0.1, 0.15) is 11.2 Å². The first-order valence-electron chi connectivity index (χ1n) is 17.8. The summed E-state index contributed by atoms with van der Waals surface area (Å²) in [6.45, 7) is 0. The van der Waals surface area contributed by atoms with E-state index in [0.29, 0.717) is 17.5 Å². The summed E-state index contributed by atoms with van der Waals surface area (Å²) in [7, 11) is 0. The largest absolute Gasteiger partial charge is 0.456 e. The minimum absolute atomic E-state index is 0.587. The minimum atomic E-state index is 0.587. The zero-order valence-corrected chi connectivity index (χ0v) is 28.6. The van der Waals surface area contributed by atoms with Gasteiger partial charge in [-0.15, -0.1) is 0 Å². The Kier molecular flexibility index (Phi) is 7.43. The Morgan fingerprint density at radius 2 is 0.830 bits per heavy atom. The second-order valence-electron chi connectivity index (χ2n) is 13.3. The number of hydrogen-bond acceptors (Lipinski definition) is 4. The smallest absolute Gasteiger partial charge is 0.164 e. The summed E-state index contributed by atoms with van der Waals surface area (Å²) >= 11 is 0. The Labute approximate surface area is 306 Å². The van der Waals surface area contributed by atoms with Crippen molar-refractivity contribution in [2.24, 2.45) is 0 Å². The fourth-order valence-corrected chi connectivity index (χ4v) is 7.24. The van der Waals surface area contributed by atoms with E-state index in [0.717, 1.165) is 60.9 Å². The van der Waals surface area contributed by atoms with Gasteiger partial charge < -0.3 is 4.42 Å². The van der Waals surface area contributed by atoms with Crippen molar-refractivity contribution in [2.75, 3.05) is 0 Å². The molecular weight excluding hydrogens is 647 g/mol. The molecule has 0 saturated heterocycles. The average molecular weight is 678 g/mol. The van der Waals surface area contributed by atoms with Gasteiger partial charge in [0, 0.05) is 27.5 Å². The molecule has 0 radical (unpaired) electrons. The maximum atomic E-state index is 6.52. The number of hydrogen-bond donors (Lipinski definition) is 0. The standard InChI is InChI=1S/C49H31N3O/c1-3-11-32(12-4-1)34-21-24-35(25-22-34)42-19-10-20-44-46(42)43-28-27-41(31-45(43)53-44)49-51-47(36-14-5-2-6-15-36)50-48(52-49)40-18-9-17-38(30-40)39-26-23-33-13-7-8-16-37(33)29-39/h1-31H. The molecule has 10 aromatic rings. The maximum Gasteiger partial charge on any atom is 0.164 e. The molecule has 2 heterocycles. The van der Waals surface area contributed by atoms with Gasteiger partial charge in [-0.2, -0.15) is 0 Å². The molecule has 8 aromatic carbocycles. The monoisotopic (exact) mass is 677 g/mol. The van der Waals surface area contributed by atoms with E-state index >= 15 is 0 Å². The average Bonchev–Trinajstić information content (AvgIpc) is 3.62. The summed E-state index contributed by atoms with van der Waals surface area (Å²) in [5.41, 5.74) is 11.2. The van der Waals surface area contributed by atoms with Crippen LogP contribution in [0.1, 0.15) is 0 Å². The quantitative estimate of drug-likeness (QED) is 0.176. The van der Waals surface area contributed by atoms with Gasteiger partial charge in [-0.1, -0.05) is 158 Å². The normalized spacial score (nSPS) is 11.4. The Morgan fingerprint density at radius 3 is 1.60 bits per heavy atom. The zero-order valence-electron chi connectivity index (χ0n) is 28.6. The first kappa shape index (κ1) is 30.6. The topological polar surface area (TPSA) is 51.8 Å². The molecule has 10 rings (SSSR count). The predicted molar refractivity (Wildman–Crippen MR) is 217 cm³/mol. The fourth-order valence-electron chi connectivity index (χ4n) is 7.24. The first-order valence-corrected chi connectivity index (χ1v) is 17.8. The van der Waals surface area contributed by atoms with Crippen LogP contribution in [0, 0.1) is 0 Å². The molecule has 2 aromatic heterocycles. The predicted octanol–water partition coefficient (Wildman–Crippen LogP) is 12.9. The van der Waals surface area contributed by atoms with Crippen molar-refractivity contribution in [2.45, 2.75) is 0 Å². The first-order chi connectivity index (χ1) is 26.2. The van der Waals surface area contributed by atoms with E-state index in [1.807, 2.05) is 42.5 Å². The lowest BCUT2D eigenvalue weighted by Gasteiger charge is -2.10. The molecule has 0 saturated carbocycles. The fraction of sp³-hybridized carbons (Fsp3) is 0. The van der Waals surface area contributed by atoms with Crippen molar-refractivity contribution in [3.05, 3.63) is 188 Å². The molecular formula is C49H31N3O. The third-order valence-electron chi connectivity index (χ3n) is 9.93. The highest BCUT2D eigenvalue weighted by Gasteiger charge is 2.17. The van der Waals surface area contributed by atoms with Gasteiger partial charge in [0.15, 0.2) is 17.5 Å². The summed E-state index contributed by atoms with van der Waals surface area (Å²) < 4.78 is 6.52. The van der Waals surface area contributed by atoms with Crippen LogP contribution in [0.5, 0.6) is 0 Å². The number of nitrogens with zero attached hydrogens (tertiary/aromatic N) is 3. The van der Waals surface area contributed by atoms with E-state index in [9.17, 15) is 0 Å². The van der Waals surface area contributed by atoms with Crippen LogP contribution in [-0.4, -0.2) is 15.0 Å². The molecule has 0 aliphatic carbocycles. The second kappa shape index (κ2) is 12.9. The van der Waals surface area contributed by atoms with E-state index in [4.69, 9.17) is 19.4 Å². The van der Waals surface area contributed by atoms with Crippen LogP contribution < -0.4 is 0 Å². The van der Waals surface area contributed by atoms with Crippen molar-refractivity contribution >= 4 is 32.7 Å². The highest BCUT2D eigenvalue weighted by Crippen LogP contribution is 2.39. The molecule has 0 bridgehead atoms. The number of fused-ring (bicyclic) bond motifs is 4. The molecule has 53 heavy (non-hydrogen) atoms. The molecule has 248 valence electrons. The second-order valence-corrected chi connectivity index (χ2v) is 13.3. The molecule has 4 heteroatoms. The Bertz CT molecular complexity index is 2930. The van der Waals surface area contributed by atoms with Crippen molar-refractivity contribution in [3.63, 3.8) is 0 Å². The van der Waals surface area contributed by atoms with E-state index in [1.54, 1.807) is 0 Å². The number of rotatable bonds is 6. The molecule has 0 aliphatic rings. The highest BCUT2D eigenvalue weighted by atomic mass is 16.3. The van der Waals surface area contributed by atoms with Gasteiger partial charge in [0.25, 0.3) is 0 Å².